The standard InChI is InChI=1S/C10H12N4O4S/c11-19(17,18)7-3-1-6(2-4-7)12-10(16)8-5-9(15)14-13-8/h1-4,8,13H,5H2,(H,12,16)(H,14,15)(H2,11,17,18). The van der Waals surface area contributed by atoms with Crippen molar-refractivity contribution in [2.45, 2.75) is 17.4 Å². The van der Waals surface area contributed by atoms with E-state index in [-0.39, 0.29) is 23.1 Å². The van der Waals surface area contributed by atoms with Crippen LogP contribution in [0.3, 0.4) is 0 Å². The molecular formula is C10H12N4O4S. The molecule has 1 fully saturated rings. The lowest BCUT2D eigenvalue weighted by Gasteiger charge is -2.10. The second-order valence-electron chi connectivity index (χ2n) is 4.01. The Labute approximate surface area is 109 Å². The highest BCUT2D eigenvalue weighted by Crippen LogP contribution is 2.13. The molecule has 0 radical (unpaired) electrons. The molecule has 0 spiro atoms. The fraction of sp³-hybridized carbons (Fsp3) is 0.200. The maximum Gasteiger partial charge on any atom is 0.243 e. The normalized spacial score (nSPS) is 19.0. The van der Waals surface area contributed by atoms with E-state index in [4.69, 9.17) is 5.14 Å². The van der Waals surface area contributed by atoms with Gasteiger partial charge in [-0.2, -0.15) is 0 Å². The Morgan fingerprint density at radius 2 is 1.95 bits per heavy atom. The van der Waals surface area contributed by atoms with Crippen molar-refractivity contribution in [3.05, 3.63) is 24.3 Å². The summed E-state index contributed by atoms with van der Waals surface area (Å²) in [6, 6.07) is 4.77. The van der Waals surface area contributed by atoms with Crippen molar-refractivity contribution in [2.75, 3.05) is 5.32 Å². The molecule has 1 atom stereocenters. The van der Waals surface area contributed by atoms with Gasteiger partial charge in [0.1, 0.15) is 6.04 Å². The predicted molar refractivity (Wildman–Crippen MR) is 66.1 cm³/mol. The molecule has 9 heteroatoms. The zero-order valence-electron chi connectivity index (χ0n) is 9.71. The van der Waals surface area contributed by atoms with Gasteiger partial charge in [0.25, 0.3) is 0 Å². The van der Waals surface area contributed by atoms with Crippen LogP contribution in [0, 0.1) is 0 Å². The zero-order chi connectivity index (χ0) is 14.0. The first-order valence-electron chi connectivity index (χ1n) is 5.34. The third-order valence-electron chi connectivity index (χ3n) is 2.54. The lowest BCUT2D eigenvalue weighted by atomic mass is 10.2. The molecule has 1 saturated heterocycles. The first-order valence-corrected chi connectivity index (χ1v) is 6.89. The number of rotatable bonds is 3. The summed E-state index contributed by atoms with van der Waals surface area (Å²) in [6.07, 6.45) is 0.0566. The van der Waals surface area contributed by atoms with Gasteiger partial charge >= 0.3 is 0 Å². The molecule has 0 aromatic heterocycles. The van der Waals surface area contributed by atoms with Crippen molar-refractivity contribution in [3.8, 4) is 0 Å². The molecule has 19 heavy (non-hydrogen) atoms. The molecule has 5 N–H and O–H groups in total. The van der Waals surface area contributed by atoms with Crippen LogP contribution < -0.4 is 21.3 Å². The summed E-state index contributed by atoms with van der Waals surface area (Å²) in [4.78, 5) is 22.6. The van der Waals surface area contributed by atoms with E-state index in [9.17, 15) is 18.0 Å². The molecule has 0 saturated carbocycles. The number of benzene rings is 1. The molecule has 1 aromatic rings. The van der Waals surface area contributed by atoms with E-state index in [1.165, 1.54) is 24.3 Å². The number of carbonyl (C=O) groups is 2. The SMILES string of the molecule is NS(=O)(=O)c1ccc(NC(=O)C2CC(=O)NN2)cc1. The first kappa shape index (κ1) is 13.5. The van der Waals surface area contributed by atoms with Gasteiger partial charge in [-0.3, -0.25) is 15.0 Å². The maximum absolute atomic E-state index is 11.7. The quantitative estimate of drug-likeness (QED) is 0.546. The molecule has 8 nitrogen and oxygen atoms in total. The van der Waals surface area contributed by atoms with Crippen molar-refractivity contribution < 1.29 is 18.0 Å². The molecule has 1 aliphatic heterocycles. The van der Waals surface area contributed by atoms with Crippen molar-refractivity contribution in [1.29, 1.82) is 0 Å². The number of hydrogen-bond donors (Lipinski definition) is 4. The van der Waals surface area contributed by atoms with Crippen LogP contribution in [0.4, 0.5) is 5.69 Å². The van der Waals surface area contributed by atoms with E-state index >= 15 is 0 Å². The predicted octanol–water partition coefficient (Wildman–Crippen LogP) is -1.33. The third-order valence-corrected chi connectivity index (χ3v) is 3.47. The number of hydrazine groups is 1. The number of primary sulfonamides is 1. The third kappa shape index (κ3) is 3.28. The van der Waals surface area contributed by atoms with Gasteiger partial charge in [-0.05, 0) is 24.3 Å². The zero-order valence-corrected chi connectivity index (χ0v) is 10.5. The molecule has 102 valence electrons. The lowest BCUT2D eigenvalue weighted by molar-refractivity contribution is -0.121. The smallest absolute Gasteiger partial charge is 0.243 e. The Bertz CT molecular complexity index is 611. The van der Waals surface area contributed by atoms with Crippen molar-refractivity contribution in [1.82, 2.24) is 10.9 Å². The van der Waals surface area contributed by atoms with E-state index in [1.807, 2.05) is 0 Å². The Morgan fingerprint density at radius 3 is 2.42 bits per heavy atom. The largest absolute Gasteiger partial charge is 0.325 e. The van der Waals surface area contributed by atoms with Crippen LogP contribution in [0.15, 0.2) is 29.2 Å². The minimum atomic E-state index is -3.75. The molecule has 0 bridgehead atoms. The summed E-state index contributed by atoms with van der Waals surface area (Å²) in [5, 5.41) is 7.51. The van der Waals surface area contributed by atoms with E-state index in [2.05, 4.69) is 16.2 Å². The van der Waals surface area contributed by atoms with Crippen LogP contribution >= 0.6 is 0 Å². The number of amides is 2. The molecule has 0 aliphatic carbocycles. The van der Waals surface area contributed by atoms with Crippen LogP contribution in [0.25, 0.3) is 0 Å². The summed E-state index contributed by atoms with van der Waals surface area (Å²) < 4.78 is 22.1. The van der Waals surface area contributed by atoms with Gasteiger partial charge in [-0.15, -0.1) is 0 Å². The van der Waals surface area contributed by atoms with Gasteiger partial charge in [-0.1, -0.05) is 0 Å². The fourth-order valence-electron chi connectivity index (χ4n) is 1.57. The molecule has 1 heterocycles. The molecule has 1 aliphatic rings. The Morgan fingerprint density at radius 1 is 1.32 bits per heavy atom. The van der Waals surface area contributed by atoms with Crippen LogP contribution in [-0.4, -0.2) is 26.3 Å². The Balaban J connectivity index is 2.04. The monoisotopic (exact) mass is 284 g/mol. The van der Waals surface area contributed by atoms with Crippen molar-refractivity contribution in [3.63, 3.8) is 0 Å². The second-order valence-corrected chi connectivity index (χ2v) is 5.57. The topological polar surface area (TPSA) is 130 Å². The average molecular weight is 284 g/mol. The Hall–Kier alpha value is -1.97. The van der Waals surface area contributed by atoms with Gasteiger partial charge in [0.2, 0.25) is 21.8 Å². The summed E-state index contributed by atoms with van der Waals surface area (Å²) in [7, 11) is -3.75. The van der Waals surface area contributed by atoms with Gasteiger partial charge in [0.05, 0.1) is 11.3 Å². The molecule has 1 aromatic carbocycles. The Kier molecular flexibility index (Phi) is 3.51. The minimum Gasteiger partial charge on any atom is -0.325 e. The highest BCUT2D eigenvalue weighted by atomic mass is 32.2. The number of anilines is 1. The lowest BCUT2D eigenvalue weighted by Crippen LogP contribution is -2.39. The van der Waals surface area contributed by atoms with E-state index in [0.29, 0.717) is 5.69 Å². The summed E-state index contributed by atoms with van der Waals surface area (Å²) in [6.45, 7) is 0. The van der Waals surface area contributed by atoms with Crippen LogP contribution in [0.1, 0.15) is 6.42 Å². The van der Waals surface area contributed by atoms with Crippen LogP contribution in [0.2, 0.25) is 0 Å². The number of carbonyl (C=O) groups excluding carboxylic acids is 2. The minimum absolute atomic E-state index is 0.0404. The number of nitrogens with one attached hydrogen (secondary N) is 3. The van der Waals surface area contributed by atoms with Gasteiger partial charge in [0.15, 0.2) is 0 Å². The summed E-state index contributed by atoms with van der Waals surface area (Å²) in [5.41, 5.74) is 5.27. The van der Waals surface area contributed by atoms with Gasteiger partial charge in [-0.25, -0.2) is 19.0 Å². The fourth-order valence-corrected chi connectivity index (χ4v) is 2.09. The highest BCUT2D eigenvalue weighted by Gasteiger charge is 2.27. The first-order chi connectivity index (χ1) is 8.86. The van der Waals surface area contributed by atoms with E-state index < -0.39 is 16.1 Å². The number of sulfonamides is 1. The number of nitrogens with two attached hydrogens (primary N) is 1. The van der Waals surface area contributed by atoms with E-state index in [1.54, 1.807) is 0 Å². The van der Waals surface area contributed by atoms with Crippen molar-refractivity contribution in [2.24, 2.45) is 5.14 Å². The number of hydrogen-bond acceptors (Lipinski definition) is 5. The molecule has 1 unspecified atom stereocenters. The van der Waals surface area contributed by atoms with E-state index in [0.717, 1.165) is 0 Å². The van der Waals surface area contributed by atoms with Crippen LogP contribution in [-0.2, 0) is 19.6 Å². The summed E-state index contributed by atoms with van der Waals surface area (Å²) >= 11 is 0. The van der Waals surface area contributed by atoms with Crippen molar-refractivity contribution >= 4 is 27.5 Å². The van der Waals surface area contributed by atoms with Gasteiger partial charge in [0, 0.05) is 5.69 Å². The molecular weight excluding hydrogens is 272 g/mol. The summed E-state index contributed by atoms with van der Waals surface area (Å²) in [5.74, 6) is -0.647. The highest BCUT2D eigenvalue weighted by molar-refractivity contribution is 7.89. The second kappa shape index (κ2) is 4.96. The van der Waals surface area contributed by atoms with Gasteiger partial charge < -0.3 is 5.32 Å². The van der Waals surface area contributed by atoms with Crippen LogP contribution in [0.5, 0.6) is 0 Å². The molecule has 2 rings (SSSR count). The maximum atomic E-state index is 11.7. The molecule has 2 amide bonds. The average Bonchev–Trinajstić information content (AvgIpc) is 2.75.